The summed E-state index contributed by atoms with van der Waals surface area (Å²) in [5, 5.41) is 0. The fraction of sp³-hybridized carbons (Fsp3) is 0.375. The van der Waals surface area contributed by atoms with Crippen molar-refractivity contribution in [2.45, 2.75) is 12.8 Å². The van der Waals surface area contributed by atoms with Crippen LogP contribution in [0.4, 0.5) is 5.69 Å². The van der Waals surface area contributed by atoms with Crippen molar-refractivity contribution in [2.24, 2.45) is 0 Å². The van der Waals surface area contributed by atoms with Crippen LogP contribution in [0.2, 0.25) is 0 Å². The maximum atomic E-state index is 11.7. The van der Waals surface area contributed by atoms with E-state index in [0.717, 1.165) is 37.2 Å². The molecule has 1 fully saturated rings. The van der Waals surface area contributed by atoms with E-state index in [0.29, 0.717) is 0 Å². The normalized spacial score (nSPS) is 13.7. The van der Waals surface area contributed by atoms with Crippen LogP contribution in [0.1, 0.15) is 18.4 Å². The number of methoxy groups -OCH3 is 2. The fourth-order valence-corrected chi connectivity index (χ4v) is 2.43. The number of hydrogen-bond acceptors (Lipinski definition) is 5. The maximum absolute atomic E-state index is 11.7. The molecule has 1 aliphatic rings. The summed E-state index contributed by atoms with van der Waals surface area (Å²) >= 11 is 0. The molecule has 0 N–H and O–H groups in total. The minimum atomic E-state index is -0.696. The molecule has 0 spiro atoms. The molecule has 1 saturated heterocycles. The summed E-state index contributed by atoms with van der Waals surface area (Å²) in [6, 6.07) is 7.68. The van der Waals surface area contributed by atoms with Gasteiger partial charge in [-0.05, 0) is 30.5 Å². The zero-order valence-corrected chi connectivity index (χ0v) is 12.3. The third-order valence-corrected chi connectivity index (χ3v) is 3.49. The van der Waals surface area contributed by atoms with E-state index >= 15 is 0 Å². The highest BCUT2D eigenvalue weighted by Crippen LogP contribution is 2.26. The second kappa shape index (κ2) is 6.92. The van der Waals surface area contributed by atoms with E-state index in [1.807, 2.05) is 24.3 Å². The fourth-order valence-electron chi connectivity index (χ4n) is 2.43. The van der Waals surface area contributed by atoms with Gasteiger partial charge in [0.2, 0.25) is 0 Å². The zero-order chi connectivity index (χ0) is 15.2. The molecule has 2 rings (SSSR count). The third kappa shape index (κ3) is 3.42. The summed E-state index contributed by atoms with van der Waals surface area (Å²) in [7, 11) is 2.48. The predicted molar refractivity (Wildman–Crippen MR) is 79.9 cm³/mol. The van der Waals surface area contributed by atoms with Crippen LogP contribution in [-0.2, 0) is 19.1 Å². The molecule has 0 radical (unpaired) electrons. The number of anilines is 1. The highest BCUT2D eigenvalue weighted by molar-refractivity contribution is 6.18. The summed E-state index contributed by atoms with van der Waals surface area (Å²) in [5.74, 6) is -1.39. The number of para-hydroxylation sites is 1. The van der Waals surface area contributed by atoms with E-state index in [9.17, 15) is 9.59 Å². The van der Waals surface area contributed by atoms with Gasteiger partial charge in [-0.15, -0.1) is 0 Å². The molecular formula is C16H19NO4. The number of carbonyl (C=O) groups excluding carboxylic acids is 2. The second-order valence-electron chi connectivity index (χ2n) is 4.79. The van der Waals surface area contributed by atoms with Gasteiger partial charge in [0.05, 0.1) is 14.2 Å². The second-order valence-corrected chi connectivity index (χ2v) is 4.79. The van der Waals surface area contributed by atoms with Crippen LogP contribution in [0, 0.1) is 0 Å². The number of carbonyl (C=O) groups is 2. The quantitative estimate of drug-likeness (QED) is 0.367. The Hall–Kier alpha value is -2.30. The minimum Gasteiger partial charge on any atom is -0.465 e. The molecule has 0 bridgehead atoms. The number of benzene rings is 1. The summed E-state index contributed by atoms with van der Waals surface area (Å²) in [4.78, 5) is 25.7. The van der Waals surface area contributed by atoms with Crippen LogP contribution >= 0.6 is 0 Å². The summed E-state index contributed by atoms with van der Waals surface area (Å²) in [6.45, 7) is 1.97. The Morgan fingerprint density at radius 2 is 1.62 bits per heavy atom. The van der Waals surface area contributed by atoms with Crippen LogP contribution in [0.3, 0.4) is 0 Å². The SMILES string of the molecule is COC(=O)C(=Cc1ccccc1N1CCCC1)C(=O)OC. The van der Waals surface area contributed by atoms with E-state index in [4.69, 9.17) is 0 Å². The number of rotatable bonds is 4. The standard InChI is InChI=1S/C16H19NO4/c1-20-15(18)13(16(19)21-2)11-12-7-3-4-8-14(12)17-9-5-6-10-17/h3-4,7-8,11H,5-6,9-10H2,1-2H3. The highest BCUT2D eigenvalue weighted by atomic mass is 16.5. The first-order valence-corrected chi connectivity index (χ1v) is 6.89. The average molecular weight is 289 g/mol. The molecule has 21 heavy (non-hydrogen) atoms. The molecule has 1 aromatic rings. The first-order valence-electron chi connectivity index (χ1n) is 6.89. The smallest absolute Gasteiger partial charge is 0.345 e. The van der Waals surface area contributed by atoms with Gasteiger partial charge in [0.15, 0.2) is 0 Å². The molecule has 0 atom stereocenters. The first kappa shape index (κ1) is 15.1. The van der Waals surface area contributed by atoms with Gasteiger partial charge in [-0.25, -0.2) is 9.59 Å². The van der Waals surface area contributed by atoms with Crippen molar-refractivity contribution in [3.05, 3.63) is 35.4 Å². The van der Waals surface area contributed by atoms with Gasteiger partial charge in [-0.3, -0.25) is 0 Å². The molecule has 0 unspecified atom stereocenters. The van der Waals surface area contributed by atoms with Gasteiger partial charge in [0, 0.05) is 18.8 Å². The summed E-state index contributed by atoms with van der Waals surface area (Å²) < 4.78 is 9.30. The predicted octanol–water partition coefficient (Wildman–Crippen LogP) is 2.02. The Balaban J connectivity index is 2.41. The molecule has 5 heteroatoms. The summed E-state index contributed by atoms with van der Waals surface area (Å²) in [6.07, 6.45) is 3.84. The Morgan fingerprint density at radius 1 is 1.05 bits per heavy atom. The minimum absolute atomic E-state index is 0.105. The molecule has 0 aromatic heterocycles. The molecule has 5 nitrogen and oxygen atoms in total. The molecular weight excluding hydrogens is 270 g/mol. The average Bonchev–Trinajstić information content (AvgIpc) is 3.05. The van der Waals surface area contributed by atoms with Gasteiger partial charge < -0.3 is 14.4 Å². The van der Waals surface area contributed by atoms with Gasteiger partial charge in [0.1, 0.15) is 5.57 Å². The van der Waals surface area contributed by atoms with E-state index in [1.165, 1.54) is 20.3 Å². The summed E-state index contributed by atoms with van der Waals surface area (Å²) in [5.41, 5.74) is 1.72. The number of nitrogens with zero attached hydrogens (tertiary/aromatic N) is 1. The van der Waals surface area contributed by atoms with E-state index in [1.54, 1.807) is 0 Å². The lowest BCUT2D eigenvalue weighted by molar-refractivity contribution is -0.143. The molecule has 1 aromatic carbocycles. The van der Waals surface area contributed by atoms with Crippen LogP contribution < -0.4 is 4.90 Å². The van der Waals surface area contributed by atoms with Gasteiger partial charge in [-0.1, -0.05) is 18.2 Å². The molecule has 0 amide bonds. The molecule has 112 valence electrons. The lowest BCUT2D eigenvalue weighted by atomic mass is 10.1. The highest BCUT2D eigenvalue weighted by Gasteiger charge is 2.21. The first-order chi connectivity index (χ1) is 10.2. The van der Waals surface area contributed by atoms with Crippen molar-refractivity contribution in [3.63, 3.8) is 0 Å². The van der Waals surface area contributed by atoms with Crippen molar-refractivity contribution in [1.82, 2.24) is 0 Å². The van der Waals surface area contributed by atoms with Gasteiger partial charge in [-0.2, -0.15) is 0 Å². The molecule has 0 saturated carbocycles. The Labute approximate surface area is 124 Å². The van der Waals surface area contributed by atoms with Crippen LogP contribution in [-0.4, -0.2) is 39.2 Å². The van der Waals surface area contributed by atoms with E-state index in [-0.39, 0.29) is 5.57 Å². The number of esters is 2. The number of ether oxygens (including phenoxy) is 2. The van der Waals surface area contributed by atoms with E-state index < -0.39 is 11.9 Å². The van der Waals surface area contributed by atoms with Crippen molar-refractivity contribution in [1.29, 1.82) is 0 Å². The Morgan fingerprint density at radius 3 is 2.19 bits per heavy atom. The van der Waals surface area contributed by atoms with Crippen molar-refractivity contribution in [2.75, 3.05) is 32.2 Å². The van der Waals surface area contributed by atoms with Crippen LogP contribution in [0.5, 0.6) is 0 Å². The van der Waals surface area contributed by atoms with E-state index in [2.05, 4.69) is 14.4 Å². The maximum Gasteiger partial charge on any atom is 0.345 e. The molecule has 1 aliphatic heterocycles. The monoisotopic (exact) mass is 289 g/mol. The Kier molecular flexibility index (Phi) is 4.98. The number of hydrogen-bond donors (Lipinski definition) is 0. The van der Waals surface area contributed by atoms with Crippen LogP contribution in [0.15, 0.2) is 29.8 Å². The van der Waals surface area contributed by atoms with Gasteiger partial charge in [0.25, 0.3) is 0 Å². The van der Waals surface area contributed by atoms with Crippen molar-refractivity contribution >= 4 is 23.7 Å². The third-order valence-electron chi connectivity index (χ3n) is 3.49. The van der Waals surface area contributed by atoms with Crippen LogP contribution in [0.25, 0.3) is 6.08 Å². The molecule has 0 aliphatic carbocycles. The zero-order valence-electron chi connectivity index (χ0n) is 12.3. The topological polar surface area (TPSA) is 55.8 Å². The Bertz CT molecular complexity index is 541. The van der Waals surface area contributed by atoms with Crippen molar-refractivity contribution in [3.8, 4) is 0 Å². The van der Waals surface area contributed by atoms with Crippen molar-refractivity contribution < 1.29 is 19.1 Å². The lowest BCUT2D eigenvalue weighted by Crippen LogP contribution is -2.19. The van der Waals surface area contributed by atoms with Gasteiger partial charge >= 0.3 is 11.9 Å². The largest absolute Gasteiger partial charge is 0.465 e. The molecule has 1 heterocycles. The lowest BCUT2D eigenvalue weighted by Gasteiger charge is -2.20.